The molecule has 2 heterocycles. The Hall–Kier alpha value is -3.93. The Morgan fingerprint density at radius 1 is 1.00 bits per heavy atom. The van der Waals surface area contributed by atoms with Crippen molar-refractivity contribution >= 4 is 27.5 Å². The van der Waals surface area contributed by atoms with Gasteiger partial charge in [0.25, 0.3) is 22.4 Å². The van der Waals surface area contributed by atoms with Crippen LogP contribution in [0.15, 0.2) is 65.6 Å². The fraction of sp³-hybridized carbons (Fsp3) is 0.375. The number of rotatable bonds is 7. The molecule has 44 heavy (non-hydrogen) atoms. The molecule has 7 nitrogen and oxygen atoms in total. The van der Waals surface area contributed by atoms with Crippen LogP contribution in [0.5, 0.6) is 0 Å². The van der Waals surface area contributed by atoms with E-state index in [4.69, 9.17) is 0 Å². The van der Waals surface area contributed by atoms with Gasteiger partial charge in [-0.25, -0.2) is 26.0 Å². The molecule has 0 radical (unpaired) electrons. The van der Waals surface area contributed by atoms with Gasteiger partial charge in [0.2, 0.25) is 5.91 Å². The molecule has 1 fully saturated rings. The molecule has 2 aliphatic rings. The summed E-state index contributed by atoms with van der Waals surface area (Å²) in [4.78, 5) is 27.0. The molecule has 2 aliphatic heterocycles. The lowest BCUT2D eigenvalue weighted by Crippen LogP contribution is -2.55. The molecule has 3 aromatic carbocycles. The highest BCUT2D eigenvalue weighted by Crippen LogP contribution is 2.55. The first-order valence-electron chi connectivity index (χ1n) is 14.3. The first-order chi connectivity index (χ1) is 20.8. The van der Waals surface area contributed by atoms with Gasteiger partial charge in [-0.2, -0.15) is 0 Å². The predicted molar refractivity (Wildman–Crippen MR) is 157 cm³/mol. The number of likely N-dealkylation sites (tertiary alicyclic amines) is 1. The average molecular weight is 632 g/mol. The zero-order valence-corrected chi connectivity index (χ0v) is 25.3. The van der Waals surface area contributed by atoms with Gasteiger partial charge in [-0.05, 0) is 66.3 Å². The van der Waals surface area contributed by atoms with Crippen molar-refractivity contribution in [1.82, 2.24) is 10.2 Å². The minimum absolute atomic E-state index is 0.0707. The summed E-state index contributed by atoms with van der Waals surface area (Å²) in [6.07, 6.45) is -2.05. The summed E-state index contributed by atoms with van der Waals surface area (Å²) < 4.78 is 86.0. The second-order valence-electron chi connectivity index (χ2n) is 11.6. The summed E-state index contributed by atoms with van der Waals surface area (Å²) in [5, 5.41) is 2.53. The first-order valence-corrected chi connectivity index (χ1v) is 15.8. The van der Waals surface area contributed by atoms with E-state index in [9.17, 15) is 31.2 Å². The van der Waals surface area contributed by atoms with Gasteiger partial charge in [0.05, 0.1) is 22.2 Å². The van der Waals surface area contributed by atoms with Crippen LogP contribution in [0.2, 0.25) is 0 Å². The van der Waals surface area contributed by atoms with E-state index in [1.54, 1.807) is 11.0 Å². The molecule has 0 aliphatic carbocycles. The number of anilines is 1. The largest absolute Gasteiger partial charge is 0.348 e. The number of nitrogens with one attached hydrogen (secondary N) is 1. The third kappa shape index (κ3) is 5.44. The lowest BCUT2D eigenvalue weighted by Gasteiger charge is -2.46. The van der Waals surface area contributed by atoms with Crippen molar-refractivity contribution in [2.45, 2.75) is 62.9 Å². The standard InChI is InChI=1S/C32H33F4N3O4S/c1-19(2)29-32(12-14-38(15-13-32)20(3)40)26-16-25(31(41)37-18-21-6-4-5-7-24(21)30(35)36)27(34)17-28(26)39(29)44(42,43)23-10-8-22(33)9-11-23/h4-11,16-17,19,29-30H,12-15,18H2,1-3H3,(H,37,41). The Morgan fingerprint density at radius 3 is 2.23 bits per heavy atom. The lowest BCUT2D eigenvalue weighted by atomic mass is 9.66. The average Bonchev–Trinajstić information content (AvgIpc) is 3.25. The lowest BCUT2D eigenvalue weighted by molar-refractivity contribution is -0.130. The van der Waals surface area contributed by atoms with Crippen LogP contribution in [0, 0.1) is 17.6 Å². The number of sulfonamides is 1. The molecule has 1 N–H and O–H groups in total. The molecule has 12 heteroatoms. The second-order valence-corrected chi connectivity index (χ2v) is 13.5. The molecular weight excluding hydrogens is 598 g/mol. The fourth-order valence-corrected chi connectivity index (χ4v) is 8.59. The smallest absolute Gasteiger partial charge is 0.264 e. The molecule has 1 unspecified atom stereocenters. The topological polar surface area (TPSA) is 86.8 Å². The maximum atomic E-state index is 15.8. The summed E-state index contributed by atoms with van der Waals surface area (Å²) in [5.74, 6) is -2.85. The van der Waals surface area contributed by atoms with Crippen molar-refractivity contribution < 1.29 is 35.6 Å². The van der Waals surface area contributed by atoms with E-state index >= 15 is 4.39 Å². The predicted octanol–water partition coefficient (Wildman–Crippen LogP) is 5.95. The van der Waals surface area contributed by atoms with E-state index < -0.39 is 45.4 Å². The highest BCUT2D eigenvalue weighted by molar-refractivity contribution is 7.92. The Balaban J connectivity index is 1.61. The molecular formula is C32H33F4N3O4S. The highest BCUT2D eigenvalue weighted by Gasteiger charge is 2.57. The Morgan fingerprint density at radius 2 is 1.64 bits per heavy atom. The maximum Gasteiger partial charge on any atom is 0.264 e. The SMILES string of the molecule is CC(=O)N1CCC2(CC1)c1cc(C(=O)NCc3ccccc3C(F)F)c(F)cc1N(S(=O)(=O)c1ccc(F)cc1)C2C(C)C. The Labute approximate surface area is 253 Å². The van der Waals surface area contributed by atoms with Gasteiger partial charge < -0.3 is 10.2 Å². The number of alkyl halides is 2. The molecule has 5 rings (SSSR count). The van der Waals surface area contributed by atoms with E-state index in [-0.39, 0.29) is 45.6 Å². The number of carbonyl (C=O) groups is 2. The van der Waals surface area contributed by atoms with Gasteiger partial charge in [-0.1, -0.05) is 38.1 Å². The number of hydrogen-bond donors (Lipinski definition) is 1. The van der Waals surface area contributed by atoms with E-state index in [1.807, 2.05) is 13.8 Å². The third-order valence-electron chi connectivity index (χ3n) is 8.76. The van der Waals surface area contributed by atoms with Crippen LogP contribution in [-0.2, 0) is 26.8 Å². The van der Waals surface area contributed by atoms with Gasteiger partial charge >= 0.3 is 0 Å². The number of halogens is 4. The number of piperidine rings is 1. The molecule has 1 spiro atoms. The summed E-state index contributed by atoms with van der Waals surface area (Å²) in [5.41, 5.74) is -0.781. The van der Waals surface area contributed by atoms with Gasteiger partial charge in [0.15, 0.2) is 0 Å². The summed E-state index contributed by atoms with van der Waals surface area (Å²) in [6, 6.07) is 11.8. The van der Waals surface area contributed by atoms with E-state index in [1.165, 1.54) is 35.5 Å². The van der Waals surface area contributed by atoms with Crippen molar-refractivity contribution in [2.75, 3.05) is 17.4 Å². The molecule has 2 amide bonds. The summed E-state index contributed by atoms with van der Waals surface area (Å²) >= 11 is 0. The van der Waals surface area contributed by atoms with Crippen LogP contribution >= 0.6 is 0 Å². The zero-order chi connectivity index (χ0) is 32.0. The number of amides is 2. The molecule has 0 saturated carbocycles. The Bertz CT molecular complexity index is 1690. The Kier molecular flexibility index (Phi) is 8.50. The number of hydrogen-bond acceptors (Lipinski definition) is 4. The quantitative estimate of drug-likeness (QED) is 0.327. The van der Waals surface area contributed by atoms with Crippen molar-refractivity contribution in [3.05, 3.63) is 94.6 Å². The third-order valence-corrected chi connectivity index (χ3v) is 10.6. The monoisotopic (exact) mass is 631 g/mol. The molecule has 234 valence electrons. The van der Waals surface area contributed by atoms with Gasteiger partial charge in [-0.15, -0.1) is 0 Å². The van der Waals surface area contributed by atoms with Crippen LogP contribution in [0.3, 0.4) is 0 Å². The number of benzene rings is 3. The molecule has 1 saturated heterocycles. The fourth-order valence-electron chi connectivity index (χ4n) is 6.72. The van der Waals surface area contributed by atoms with Crippen LogP contribution in [0.1, 0.15) is 67.1 Å². The van der Waals surface area contributed by atoms with Crippen LogP contribution in [0.4, 0.5) is 23.2 Å². The first kappa shape index (κ1) is 31.5. The zero-order valence-electron chi connectivity index (χ0n) is 24.5. The van der Waals surface area contributed by atoms with Crippen molar-refractivity contribution in [2.24, 2.45) is 5.92 Å². The molecule has 0 aromatic heterocycles. The molecule has 1 atom stereocenters. The molecule has 0 bridgehead atoms. The maximum absolute atomic E-state index is 15.8. The van der Waals surface area contributed by atoms with Crippen LogP contribution < -0.4 is 9.62 Å². The van der Waals surface area contributed by atoms with E-state index in [0.717, 1.165) is 30.3 Å². The summed E-state index contributed by atoms with van der Waals surface area (Å²) in [7, 11) is -4.33. The highest BCUT2D eigenvalue weighted by atomic mass is 32.2. The van der Waals surface area contributed by atoms with Gasteiger partial charge in [0, 0.05) is 37.5 Å². The number of nitrogens with zero attached hydrogens (tertiary/aromatic N) is 2. The number of carbonyl (C=O) groups excluding carboxylic acids is 2. The number of fused-ring (bicyclic) bond motifs is 2. The van der Waals surface area contributed by atoms with Crippen molar-refractivity contribution in [3.8, 4) is 0 Å². The molecule has 3 aromatic rings. The minimum atomic E-state index is -4.33. The van der Waals surface area contributed by atoms with Crippen LogP contribution in [0.25, 0.3) is 0 Å². The van der Waals surface area contributed by atoms with E-state index in [2.05, 4.69) is 5.32 Å². The summed E-state index contributed by atoms with van der Waals surface area (Å²) in [6.45, 7) is 5.54. The second kappa shape index (κ2) is 11.9. The van der Waals surface area contributed by atoms with E-state index in [0.29, 0.717) is 31.5 Å². The normalized spacial score (nSPS) is 17.8. The van der Waals surface area contributed by atoms with Gasteiger partial charge in [0.1, 0.15) is 11.6 Å². The van der Waals surface area contributed by atoms with Gasteiger partial charge in [-0.3, -0.25) is 13.9 Å². The van der Waals surface area contributed by atoms with Crippen molar-refractivity contribution in [3.63, 3.8) is 0 Å². The minimum Gasteiger partial charge on any atom is -0.348 e. The van der Waals surface area contributed by atoms with Crippen molar-refractivity contribution in [1.29, 1.82) is 0 Å². The van der Waals surface area contributed by atoms with Crippen LogP contribution in [-0.4, -0.2) is 44.3 Å².